The fourth-order valence-electron chi connectivity index (χ4n) is 0. The Hall–Kier alpha value is -2.84. The number of thiocarbonyl (C=S) groups is 1. The first-order chi connectivity index (χ1) is 10.5. The molecule has 0 heterocycles. The predicted octanol–water partition coefficient (Wildman–Crippen LogP) is 3.37. The zero-order valence-electron chi connectivity index (χ0n) is 13.3. The van der Waals surface area contributed by atoms with E-state index in [1.165, 1.54) is 34.0 Å². The van der Waals surface area contributed by atoms with Crippen LogP contribution in [-0.2, 0) is 17.6 Å². The first-order valence-corrected chi connectivity index (χ1v) is 5.73. The highest BCUT2D eigenvalue weighted by Gasteiger charge is 1.42. The van der Waals surface area contributed by atoms with Gasteiger partial charge in [0.1, 0.15) is 0 Å². The van der Waals surface area contributed by atoms with E-state index >= 15 is 0 Å². The summed E-state index contributed by atoms with van der Waals surface area (Å²) in [4.78, 5) is 17.9. The molecule has 10 heteroatoms. The maximum Gasteiger partial charge on any atom is 0.294 e. The third kappa shape index (κ3) is 3330. The van der Waals surface area contributed by atoms with Crippen LogP contribution < -0.4 is 0 Å². The number of rotatable bonds is 0. The zero-order chi connectivity index (χ0) is 19.1. The number of nitriles is 1. The lowest BCUT2D eigenvalue weighted by Crippen LogP contribution is -1.38. The summed E-state index contributed by atoms with van der Waals surface area (Å²) < 4.78 is 3.07. The largest absolute Gasteiger partial charge is 0.498 e. The Morgan fingerprint density at radius 1 is 1.23 bits per heavy atom. The standard InChI is InChI=1S/2C2H3NO.2C2H3NS.2C2H3N/c1-3-2-4;1-2-3-4;1-3-2-4;1-2-3-4;1-3-2;1-2-3/h4*1H3;2*1H3. The van der Waals surface area contributed by atoms with Gasteiger partial charge in [-0.25, -0.2) is 21.4 Å². The van der Waals surface area contributed by atoms with Crippen LogP contribution in [0, 0.1) is 35.2 Å². The SMILES string of the molecule is CC#N.CC#[N+][O-].CC#[N+][S-].CN=C=O.CN=C=S.[C-]#[N+]C. The van der Waals surface area contributed by atoms with Crippen LogP contribution in [0.1, 0.15) is 20.8 Å². The van der Waals surface area contributed by atoms with Gasteiger partial charge in [0.05, 0.1) is 25.1 Å². The van der Waals surface area contributed by atoms with Crippen LogP contribution in [0.2, 0.25) is 0 Å². The molecule has 0 aromatic rings. The molecule has 0 amide bonds. The number of hydrogen-bond donors (Lipinski definition) is 0. The molecule has 0 N–H and O–H groups in total. The summed E-state index contributed by atoms with van der Waals surface area (Å²) in [6, 6.07) is 6.12. The monoisotopic (exact) mass is 342 g/mol. The smallest absolute Gasteiger partial charge is 0.294 e. The van der Waals surface area contributed by atoms with E-state index in [1.54, 1.807) is 20.0 Å². The van der Waals surface area contributed by atoms with Crippen LogP contribution in [0.3, 0.4) is 0 Å². The Morgan fingerprint density at radius 2 is 1.41 bits per heavy atom. The van der Waals surface area contributed by atoms with E-state index in [2.05, 4.69) is 60.4 Å². The lowest BCUT2D eigenvalue weighted by molar-refractivity contribution is 0.564. The first kappa shape index (κ1) is 36.5. The van der Waals surface area contributed by atoms with Crippen molar-refractivity contribution in [3.05, 3.63) is 25.9 Å². The molecule has 0 rings (SSSR count). The third-order valence-electron chi connectivity index (χ3n) is 0.365. The minimum absolute atomic E-state index is 1.31. The van der Waals surface area contributed by atoms with Crippen molar-refractivity contribution in [2.75, 3.05) is 21.1 Å². The van der Waals surface area contributed by atoms with Gasteiger partial charge in [0, 0.05) is 26.0 Å². The van der Waals surface area contributed by atoms with E-state index in [4.69, 9.17) is 21.8 Å². The molecule has 22 heavy (non-hydrogen) atoms. The maximum absolute atomic E-state index is 8.88. The Bertz CT molecular complexity index is 418. The van der Waals surface area contributed by atoms with E-state index in [1.807, 2.05) is 6.07 Å². The summed E-state index contributed by atoms with van der Waals surface area (Å²) in [6.07, 6.45) is 1.31. The second-order valence-electron chi connectivity index (χ2n) is 1.71. The molecule has 0 unspecified atom stereocenters. The van der Waals surface area contributed by atoms with Crippen LogP contribution in [0.15, 0.2) is 9.98 Å². The summed E-state index contributed by atoms with van der Waals surface area (Å²) in [6.45, 7) is 10.4. The molecule has 0 aromatic carbocycles. The van der Waals surface area contributed by atoms with Gasteiger partial charge in [-0.2, -0.15) is 9.51 Å². The van der Waals surface area contributed by atoms with E-state index in [0.29, 0.717) is 0 Å². The molecule has 0 fully saturated rings. The predicted molar refractivity (Wildman–Crippen MR) is 95.4 cm³/mol. The molecule has 0 bridgehead atoms. The van der Waals surface area contributed by atoms with E-state index in [0.717, 1.165) is 0 Å². The highest BCUT2D eigenvalue weighted by atomic mass is 32.1. The van der Waals surface area contributed by atoms with Gasteiger partial charge in [0.15, 0.2) is 0 Å². The Morgan fingerprint density at radius 3 is 1.41 bits per heavy atom. The van der Waals surface area contributed by atoms with E-state index in [-0.39, 0.29) is 0 Å². The number of isocyanates is 1. The van der Waals surface area contributed by atoms with E-state index in [9.17, 15) is 0 Å². The van der Waals surface area contributed by atoms with Gasteiger partial charge in [-0.1, -0.05) is 0 Å². The van der Waals surface area contributed by atoms with Crippen molar-refractivity contribution in [2.24, 2.45) is 9.98 Å². The molecular weight excluding hydrogens is 324 g/mol. The van der Waals surface area contributed by atoms with Gasteiger partial charge in [-0.05, 0) is 12.2 Å². The summed E-state index contributed by atoms with van der Waals surface area (Å²) in [7, 11) is 4.39. The Balaban J connectivity index is -0.0000000351. The molecule has 0 atom stereocenters. The van der Waals surface area contributed by atoms with Gasteiger partial charge in [-0.15, -0.1) is 0 Å². The van der Waals surface area contributed by atoms with Gasteiger partial charge in [0.25, 0.3) is 6.07 Å². The van der Waals surface area contributed by atoms with Crippen molar-refractivity contribution in [1.29, 1.82) is 5.26 Å². The molecule has 0 aliphatic heterocycles. The lowest BCUT2D eigenvalue weighted by Gasteiger charge is -1.41. The number of carbonyl (C=O) groups excluding carboxylic acids is 1. The average molecular weight is 342 g/mol. The van der Waals surface area contributed by atoms with Crippen LogP contribution in [0.5, 0.6) is 0 Å². The number of nitrogens with zero attached hydrogens (tertiary/aromatic N) is 6. The molecule has 0 aliphatic carbocycles. The second kappa shape index (κ2) is 104. The topological polar surface area (TPSA) is 102 Å². The molecule has 8 nitrogen and oxygen atoms in total. The molecule has 0 saturated carbocycles. The van der Waals surface area contributed by atoms with Crippen LogP contribution in [-0.4, -0.2) is 32.4 Å². The summed E-state index contributed by atoms with van der Waals surface area (Å²) >= 11 is 8.20. The molecular formula is C12H18N6O2S2. The number of hydrogen-bond acceptors (Lipinski definition) is 7. The zero-order valence-corrected chi connectivity index (χ0v) is 14.9. The van der Waals surface area contributed by atoms with Crippen molar-refractivity contribution in [3.8, 4) is 18.2 Å². The summed E-state index contributed by atoms with van der Waals surface area (Å²) in [5.41, 5.74) is 0. The fourth-order valence-corrected chi connectivity index (χ4v) is 0. The third-order valence-corrected chi connectivity index (χ3v) is 0.730. The number of aliphatic imine (C=N–C) groups is 2. The van der Waals surface area contributed by atoms with Gasteiger partial charge in [-0.3, -0.25) is 12.8 Å². The van der Waals surface area contributed by atoms with Crippen LogP contribution in [0.4, 0.5) is 0 Å². The van der Waals surface area contributed by atoms with Crippen molar-refractivity contribution >= 4 is 36.3 Å². The molecule has 0 aliphatic rings. The first-order valence-electron chi connectivity index (χ1n) is 4.96. The van der Waals surface area contributed by atoms with Crippen LogP contribution >= 0.6 is 12.2 Å². The molecule has 120 valence electrons. The van der Waals surface area contributed by atoms with Gasteiger partial charge < -0.3 is 10.1 Å². The van der Waals surface area contributed by atoms with Crippen molar-refractivity contribution in [1.82, 2.24) is 0 Å². The fraction of sp³-hybridized carbons (Fsp3) is 0.500. The Kier molecular flexibility index (Phi) is 173. The van der Waals surface area contributed by atoms with Gasteiger partial charge in [0.2, 0.25) is 19.2 Å². The maximum atomic E-state index is 8.88. The van der Waals surface area contributed by atoms with E-state index < -0.39 is 0 Å². The quantitative estimate of drug-likeness (QED) is 0.168. The molecule has 0 saturated heterocycles. The summed E-state index contributed by atoms with van der Waals surface area (Å²) in [5, 5.41) is 20.5. The highest BCUT2D eigenvalue weighted by Crippen LogP contribution is 1.47. The average Bonchev–Trinajstić information content (AvgIpc) is 2.56. The normalized spacial score (nSPS) is 3.45. The van der Waals surface area contributed by atoms with Crippen molar-refractivity contribution in [3.63, 3.8) is 0 Å². The summed E-state index contributed by atoms with van der Waals surface area (Å²) in [5.74, 6) is 0. The molecule has 0 radical (unpaired) electrons. The Labute approximate surface area is 142 Å². The number of isothiocyanates is 1. The van der Waals surface area contributed by atoms with Crippen LogP contribution in [0.25, 0.3) is 14.1 Å². The second-order valence-corrected chi connectivity index (χ2v) is 2.07. The molecule has 0 spiro atoms. The molecule has 0 aromatic heterocycles. The van der Waals surface area contributed by atoms with Crippen molar-refractivity contribution in [2.45, 2.75) is 20.8 Å². The minimum Gasteiger partial charge on any atom is -0.498 e. The lowest BCUT2D eigenvalue weighted by atomic mass is 11.0. The highest BCUT2D eigenvalue weighted by molar-refractivity contribution is 7.78. The minimum atomic E-state index is 1.31. The van der Waals surface area contributed by atoms with Crippen molar-refractivity contribution < 1.29 is 4.79 Å². The van der Waals surface area contributed by atoms with Gasteiger partial charge >= 0.3 is 0 Å².